The molecule has 0 aliphatic heterocycles. The van der Waals surface area contributed by atoms with E-state index in [0.29, 0.717) is 0 Å². The predicted octanol–water partition coefficient (Wildman–Crippen LogP) is 3.60. The molecule has 0 spiro atoms. The summed E-state index contributed by atoms with van der Waals surface area (Å²) in [4.78, 5) is 40.6. The van der Waals surface area contributed by atoms with Gasteiger partial charge in [0.2, 0.25) is 5.91 Å². The van der Waals surface area contributed by atoms with Gasteiger partial charge in [0.1, 0.15) is 5.29 Å². The quantitative estimate of drug-likeness (QED) is 0.224. The summed E-state index contributed by atoms with van der Waals surface area (Å²) in [5.41, 5.74) is 0.765. The monoisotopic (exact) mass is 509 g/mol. The summed E-state index contributed by atoms with van der Waals surface area (Å²) in [5, 5.41) is 4.84. The summed E-state index contributed by atoms with van der Waals surface area (Å²) < 4.78 is 5.48. The molecule has 4 aromatic carbocycles. The zero-order chi connectivity index (χ0) is 26.1. The maximum atomic E-state index is 14.0. The van der Waals surface area contributed by atoms with Crippen molar-refractivity contribution in [3.8, 4) is 0 Å². The average Bonchev–Trinajstić information content (AvgIpc) is 2.93. The normalized spacial score (nSPS) is 10.8. The first-order valence-electron chi connectivity index (χ1n) is 12.1. The van der Waals surface area contributed by atoms with Gasteiger partial charge in [-0.15, -0.1) is 0 Å². The zero-order valence-corrected chi connectivity index (χ0v) is 21.4. The fourth-order valence-electron chi connectivity index (χ4n) is 4.38. The lowest BCUT2D eigenvalue weighted by Gasteiger charge is -2.31. The van der Waals surface area contributed by atoms with E-state index in [1.165, 1.54) is 0 Å². The fourth-order valence-corrected chi connectivity index (χ4v) is 8.61. The second-order valence-electron chi connectivity index (χ2n) is 8.29. The highest BCUT2D eigenvalue weighted by Gasteiger charge is 2.38. The molecule has 2 amide bonds. The molecular weight excluding hydrogens is 481 g/mol. The molecule has 1 N–H and O–H groups in total. The highest BCUT2D eigenvalue weighted by molar-refractivity contribution is 7.97. The van der Waals surface area contributed by atoms with Gasteiger partial charge >= 0.3 is 5.97 Å². The number of ether oxygens (including phenoxy) is 1. The number of hydrogen-bond acceptors (Lipinski definition) is 4. The Kier molecular flexibility index (Phi) is 8.50. The van der Waals surface area contributed by atoms with E-state index in [4.69, 9.17) is 4.74 Å². The molecule has 186 valence electrons. The van der Waals surface area contributed by atoms with Crippen LogP contribution in [0, 0.1) is 0 Å². The Morgan fingerprint density at radius 2 is 1.05 bits per heavy atom. The lowest BCUT2D eigenvalue weighted by molar-refractivity contribution is -0.135. The van der Waals surface area contributed by atoms with E-state index < -0.39 is 24.7 Å². The van der Waals surface area contributed by atoms with E-state index in [1.807, 2.05) is 121 Å². The fraction of sp³-hybridized carbons (Fsp3) is 0.0968. The lowest BCUT2D eigenvalue weighted by atomic mass is 10.1. The second-order valence-corrected chi connectivity index (χ2v) is 11.6. The number of rotatable bonds is 8. The Hall–Kier alpha value is -4.21. The van der Waals surface area contributed by atoms with Crippen molar-refractivity contribution in [2.24, 2.45) is 0 Å². The number of hydrogen-bond donors (Lipinski definition) is 1. The van der Waals surface area contributed by atoms with Crippen LogP contribution in [0.4, 0.5) is 0 Å². The number of esters is 1. The first kappa shape index (κ1) is 25.9. The summed E-state index contributed by atoms with van der Waals surface area (Å²) in [6, 6.07) is 37.7. The number of imide groups is 1. The van der Waals surface area contributed by atoms with Crippen molar-refractivity contribution in [1.29, 1.82) is 0 Å². The maximum Gasteiger partial charge on any atom is 0.344 e. The van der Waals surface area contributed by atoms with Crippen LogP contribution in [0.3, 0.4) is 0 Å². The van der Waals surface area contributed by atoms with Crippen molar-refractivity contribution < 1.29 is 19.1 Å². The molecule has 0 aromatic heterocycles. The molecule has 0 atom stereocenters. The molecule has 0 radical (unpaired) electrons. The van der Waals surface area contributed by atoms with Gasteiger partial charge < -0.3 is 4.74 Å². The van der Waals surface area contributed by atoms with Gasteiger partial charge in [0.05, 0.1) is 13.0 Å². The molecule has 0 aliphatic carbocycles. The smallest absolute Gasteiger partial charge is 0.344 e. The van der Waals surface area contributed by atoms with Crippen molar-refractivity contribution >= 4 is 45.9 Å². The minimum absolute atomic E-state index is 0.0101. The number of carbonyl (C=O) groups excluding carboxylic acids is 3. The Morgan fingerprint density at radius 1 is 0.649 bits per heavy atom. The third-order valence-electron chi connectivity index (χ3n) is 5.91. The van der Waals surface area contributed by atoms with Crippen molar-refractivity contribution in [1.82, 2.24) is 5.32 Å². The number of amides is 2. The molecule has 6 heteroatoms. The SMILES string of the molecule is CCOC(=O)C(C(=O)NC(=O)Cc1ccccc1)=P(c1ccccc1)(c1ccccc1)c1ccccc1. The summed E-state index contributed by atoms with van der Waals surface area (Å²) in [6.45, 7) is -1.28. The van der Waals surface area contributed by atoms with Crippen LogP contribution in [0.25, 0.3) is 0 Å². The van der Waals surface area contributed by atoms with Gasteiger partial charge in [-0.25, -0.2) is 4.79 Å². The van der Waals surface area contributed by atoms with Gasteiger partial charge in [-0.2, -0.15) is 0 Å². The van der Waals surface area contributed by atoms with Crippen molar-refractivity contribution in [3.05, 3.63) is 127 Å². The molecule has 0 heterocycles. The van der Waals surface area contributed by atoms with Crippen LogP contribution < -0.4 is 21.2 Å². The van der Waals surface area contributed by atoms with E-state index in [2.05, 4.69) is 5.32 Å². The topological polar surface area (TPSA) is 72.5 Å². The van der Waals surface area contributed by atoms with E-state index in [0.717, 1.165) is 21.5 Å². The summed E-state index contributed by atoms with van der Waals surface area (Å²) in [7, 11) is 0. The molecule has 0 fully saturated rings. The number of benzene rings is 4. The molecule has 37 heavy (non-hydrogen) atoms. The van der Waals surface area contributed by atoms with E-state index >= 15 is 0 Å². The summed E-state index contributed by atoms with van der Waals surface area (Å²) in [5.74, 6) is -1.98. The largest absolute Gasteiger partial charge is 0.462 e. The summed E-state index contributed by atoms with van der Waals surface area (Å²) in [6.07, 6.45) is 0.0101. The van der Waals surface area contributed by atoms with Gasteiger partial charge in [-0.05, 0) is 35.3 Å². The Bertz CT molecular complexity index is 1320. The third kappa shape index (κ3) is 5.63. The van der Waals surface area contributed by atoms with Gasteiger partial charge in [0, 0.05) is 0 Å². The van der Waals surface area contributed by atoms with Crippen molar-refractivity contribution in [3.63, 3.8) is 0 Å². The molecule has 5 nitrogen and oxygen atoms in total. The Labute approximate surface area is 217 Å². The first-order chi connectivity index (χ1) is 18.1. The van der Waals surface area contributed by atoms with E-state index in [-0.39, 0.29) is 18.3 Å². The van der Waals surface area contributed by atoms with E-state index in [9.17, 15) is 14.4 Å². The van der Waals surface area contributed by atoms with Crippen LogP contribution in [0.15, 0.2) is 121 Å². The molecule has 0 saturated heterocycles. The van der Waals surface area contributed by atoms with Crippen LogP contribution >= 0.6 is 6.89 Å². The minimum atomic E-state index is -3.07. The van der Waals surface area contributed by atoms with Gasteiger partial charge in [0.15, 0.2) is 0 Å². The molecular formula is C31H28NO4P. The molecule has 0 bridgehead atoms. The lowest BCUT2D eigenvalue weighted by Crippen LogP contribution is -2.45. The Balaban J connectivity index is 2.01. The maximum absolute atomic E-state index is 14.0. The van der Waals surface area contributed by atoms with Crippen LogP contribution in [-0.4, -0.2) is 29.7 Å². The van der Waals surface area contributed by atoms with Crippen LogP contribution in [-0.2, 0) is 25.5 Å². The summed E-state index contributed by atoms with van der Waals surface area (Å²) >= 11 is 0. The van der Waals surface area contributed by atoms with Gasteiger partial charge in [0.25, 0.3) is 5.91 Å². The van der Waals surface area contributed by atoms with Crippen molar-refractivity contribution in [2.75, 3.05) is 6.61 Å². The van der Waals surface area contributed by atoms with Crippen LogP contribution in [0.1, 0.15) is 12.5 Å². The second kappa shape index (κ2) is 12.2. The zero-order valence-electron chi connectivity index (χ0n) is 20.5. The first-order valence-corrected chi connectivity index (χ1v) is 13.8. The highest BCUT2D eigenvalue weighted by Crippen LogP contribution is 2.46. The van der Waals surface area contributed by atoms with Crippen LogP contribution in [0.5, 0.6) is 0 Å². The van der Waals surface area contributed by atoms with E-state index in [1.54, 1.807) is 6.92 Å². The molecule has 4 aromatic rings. The third-order valence-corrected chi connectivity index (χ3v) is 10.2. The van der Waals surface area contributed by atoms with Gasteiger partial charge in [-0.1, -0.05) is 121 Å². The number of carbonyl (C=O) groups is 3. The predicted molar refractivity (Wildman–Crippen MR) is 150 cm³/mol. The molecule has 0 aliphatic rings. The standard InChI is InChI=1S/C31H28NO4P/c1-2-36-31(35)29(30(34)32-28(33)23-24-15-7-3-8-16-24)37(25-17-9-4-10-18-25,26-19-11-5-12-20-26)27-21-13-6-14-22-27/h3-22H,2,23H2,1H3,(H,32,33,34). The van der Waals surface area contributed by atoms with Crippen molar-refractivity contribution in [2.45, 2.75) is 13.3 Å². The van der Waals surface area contributed by atoms with Crippen LogP contribution in [0.2, 0.25) is 0 Å². The molecule has 4 rings (SSSR count). The number of nitrogens with one attached hydrogen (secondary N) is 1. The minimum Gasteiger partial charge on any atom is -0.462 e. The Morgan fingerprint density at radius 3 is 1.46 bits per heavy atom. The highest BCUT2D eigenvalue weighted by atomic mass is 31.2. The molecule has 0 unspecified atom stereocenters. The molecule has 0 saturated carbocycles. The van der Waals surface area contributed by atoms with Gasteiger partial charge in [-0.3, -0.25) is 14.9 Å². The average molecular weight is 510 g/mol.